The summed E-state index contributed by atoms with van der Waals surface area (Å²) < 4.78 is 0. The van der Waals surface area contributed by atoms with Crippen molar-refractivity contribution in [1.29, 1.82) is 0 Å². The first-order valence-corrected chi connectivity index (χ1v) is 6.98. The molecule has 2 rings (SSSR count). The second-order valence-electron chi connectivity index (χ2n) is 5.25. The summed E-state index contributed by atoms with van der Waals surface area (Å²) >= 11 is 12.2. The highest BCUT2D eigenvalue weighted by atomic mass is 35.5. The van der Waals surface area contributed by atoms with Gasteiger partial charge < -0.3 is 4.90 Å². The van der Waals surface area contributed by atoms with Gasteiger partial charge in [-0.2, -0.15) is 0 Å². The molecule has 0 bridgehead atoms. The summed E-state index contributed by atoms with van der Waals surface area (Å²) in [6.45, 7) is 5.91. The molecule has 1 aromatic carbocycles. The Morgan fingerprint density at radius 2 is 1.67 bits per heavy atom. The van der Waals surface area contributed by atoms with Crippen LogP contribution in [0.15, 0.2) is 18.2 Å². The van der Waals surface area contributed by atoms with Gasteiger partial charge in [0.1, 0.15) is 0 Å². The molecule has 2 atom stereocenters. The fraction of sp³-hybridized carbons (Fsp3) is 0.500. The largest absolute Gasteiger partial charge is 0.338 e. The first kappa shape index (κ1) is 13.7. The highest BCUT2D eigenvalue weighted by Crippen LogP contribution is 2.28. The van der Waals surface area contributed by atoms with E-state index in [-0.39, 0.29) is 5.91 Å². The van der Waals surface area contributed by atoms with Crippen LogP contribution in [0.2, 0.25) is 10.0 Å². The van der Waals surface area contributed by atoms with Gasteiger partial charge in [0.2, 0.25) is 0 Å². The van der Waals surface area contributed by atoms with Crippen molar-refractivity contribution in [3.8, 4) is 0 Å². The molecule has 2 nitrogen and oxygen atoms in total. The zero-order valence-electron chi connectivity index (χ0n) is 10.6. The molecule has 0 aromatic heterocycles. The summed E-state index contributed by atoms with van der Waals surface area (Å²) in [6, 6.07) is 5.16. The number of halogens is 2. The lowest BCUT2D eigenvalue weighted by Gasteiger charge is -2.35. The standard InChI is InChI=1S/C14H17Cl2NO/c1-9-6-10(2)8-17(7-9)14(18)13-11(15)4-3-5-12(13)16/h3-5,9-10H,6-8H2,1-2H3/t9-,10-/m0/s1. The van der Waals surface area contributed by atoms with Gasteiger partial charge >= 0.3 is 0 Å². The van der Waals surface area contributed by atoms with Crippen molar-refractivity contribution in [3.05, 3.63) is 33.8 Å². The van der Waals surface area contributed by atoms with Crippen LogP contribution in [0.25, 0.3) is 0 Å². The summed E-state index contributed by atoms with van der Waals surface area (Å²) in [5, 5.41) is 0.858. The van der Waals surface area contributed by atoms with Gasteiger partial charge in [-0.25, -0.2) is 0 Å². The number of likely N-dealkylation sites (tertiary alicyclic amines) is 1. The number of hydrogen-bond donors (Lipinski definition) is 0. The number of hydrogen-bond acceptors (Lipinski definition) is 1. The Labute approximate surface area is 118 Å². The molecule has 1 heterocycles. The Morgan fingerprint density at radius 3 is 2.17 bits per heavy atom. The maximum atomic E-state index is 12.5. The van der Waals surface area contributed by atoms with Gasteiger partial charge in [0.05, 0.1) is 15.6 Å². The number of carbonyl (C=O) groups is 1. The Hall–Kier alpha value is -0.730. The Kier molecular flexibility index (Phi) is 4.18. The first-order valence-electron chi connectivity index (χ1n) is 6.22. The molecule has 1 amide bonds. The van der Waals surface area contributed by atoms with Gasteiger partial charge in [-0.05, 0) is 30.4 Å². The quantitative estimate of drug-likeness (QED) is 0.760. The lowest BCUT2D eigenvalue weighted by atomic mass is 9.91. The molecule has 0 spiro atoms. The number of nitrogens with zero attached hydrogens (tertiary/aromatic N) is 1. The van der Waals surface area contributed by atoms with Crippen molar-refractivity contribution < 1.29 is 4.79 Å². The number of rotatable bonds is 1. The third-order valence-electron chi connectivity index (χ3n) is 3.33. The highest BCUT2D eigenvalue weighted by Gasteiger charge is 2.28. The monoisotopic (exact) mass is 285 g/mol. The molecule has 98 valence electrons. The summed E-state index contributed by atoms with van der Waals surface area (Å²) in [6.07, 6.45) is 1.17. The molecule has 18 heavy (non-hydrogen) atoms. The minimum absolute atomic E-state index is 0.0519. The minimum Gasteiger partial charge on any atom is -0.338 e. The number of piperidine rings is 1. The third-order valence-corrected chi connectivity index (χ3v) is 3.96. The average Bonchev–Trinajstić information content (AvgIpc) is 2.27. The van der Waals surface area contributed by atoms with Gasteiger partial charge in [-0.15, -0.1) is 0 Å². The van der Waals surface area contributed by atoms with E-state index in [1.807, 2.05) is 4.90 Å². The zero-order valence-corrected chi connectivity index (χ0v) is 12.1. The van der Waals surface area contributed by atoms with Crippen LogP contribution in [0.5, 0.6) is 0 Å². The van der Waals surface area contributed by atoms with Gasteiger partial charge in [-0.1, -0.05) is 43.1 Å². The Bertz CT molecular complexity index is 431. The molecule has 1 aromatic rings. The van der Waals surface area contributed by atoms with E-state index in [9.17, 15) is 4.79 Å². The van der Waals surface area contributed by atoms with Crippen LogP contribution >= 0.6 is 23.2 Å². The number of carbonyl (C=O) groups excluding carboxylic acids is 1. The van der Waals surface area contributed by atoms with Crippen LogP contribution < -0.4 is 0 Å². The maximum absolute atomic E-state index is 12.5. The second-order valence-corrected chi connectivity index (χ2v) is 6.07. The van der Waals surface area contributed by atoms with E-state index in [1.165, 1.54) is 6.42 Å². The van der Waals surface area contributed by atoms with E-state index in [1.54, 1.807) is 18.2 Å². The zero-order chi connectivity index (χ0) is 13.3. The molecule has 1 aliphatic rings. The lowest BCUT2D eigenvalue weighted by molar-refractivity contribution is 0.0623. The molecular formula is C14H17Cl2NO. The predicted octanol–water partition coefficient (Wildman–Crippen LogP) is 4.11. The van der Waals surface area contributed by atoms with E-state index < -0.39 is 0 Å². The van der Waals surface area contributed by atoms with Crippen LogP contribution in [-0.4, -0.2) is 23.9 Å². The molecule has 1 aliphatic heterocycles. The lowest BCUT2D eigenvalue weighted by Crippen LogP contribution is -2.42. The van der Waals surface area contributed by atoms with E-state index >= 15 is 0 Å². The topological polar surface area (TPSA) is 20.3 Å². The minimum atomic E-state index is -0.0519. The highest BCUT2D eigenvalue weighted by molar-refractivity contribution is 6.39. The van der Waals surface area contributed by atoms with Crippen LogP contribution in [0.1, 0.15) is 30.6 Å². The van der Waals surface area contributed by atoms with Crippen LogP contribution in [0.4, 0.5) is 0 Å². The molecular weight excluding hydrogens is 269 g/mol. The summed E-state index contributed by atoms with van der Waals surface area (Å²) in [5.74, 6) is 1.00. The first-order chi connectivity index (χ1) is 8.49. The van der Waals surface area contributed by atoms with Gasteiger partial charge in [0, 0.05) is 13.1 Å². The fourth-order valence-corrected chi connectivity index (χ4v) is 3.25. The number of amides is 1. The third kappa shape index (κ3) is 2.81. The van der Waals surface area contributed by atoms with E-state index in [0.29, 0.717) is 27.4 Å². The molecule has 0 N–H and O–H groups in total. The Morgan fingerprint density at radius 1 is 1.17 bits per heavy atom. The van der Waals surface area contributed by atoms with Crippen LogP contribution in [0.3, 0.4) is 0 Å². The summed E-state index contributed by atoms with van der Waals surface area (Å²) in [4.78, 5) is 14.4. The van der Waals surface area contributed by atoms with E-state index in [4.69, 9.17) is 23.2 Å². The summed E-state index contributed by atoms with van der Waals surface area (Å²) in [7, 11) is 0. The molecule has 1 saturated heterocycles. The van der Waals surface area contributed by atoms with Crippen molar-refractivity contribution in [2.75, 3.05) is 13.1 Å². The average molecular weight is 286 g/mol. The van der Waals surface area contributed by atoms with Gasteiger partial charge in [0.25, 0.3) is 5.91 Å². The van der Waals surface area contributed by atoms with Crippen molar-refractivity contribution >= 4 is 29.1 Å². The normalized spacial score (nSPS) is 24.1. The van der Waals surface area contributed by atoms with Crippen molar-refractivity contribution in [2.24, 2.45) is 11.8 Å². The SMILES string of the molecule is C[C@H]1C[C@H](C)CN(C(=O)c2c(Cl)cccc2Cl)C1. The predicted molar refractivity (Wildman–Crippen MR) is 75.3 cm³/mol. The Balaban J connectivity index is 2.26. The molecule has 0 unspecified atom stereocenters. The smallest absolute Gasteiger partial charge is 0.256 e. The molecule has 4 heteroatoms. The molecule has 0 aliphatic carbocycles. The van der Waals surface area contributed by atoms with E-state index in [2.05, 4.69) is 13.8 Å². The summed E-state index contributed by atoms with van der Waals surface area (Å²) in [5.41, 5.74) is 0.433. The fourth-order valence-electron chi connectivity index (χ4n) is 2.69. The number of benzene rings is 1. The van der Waals surface area contributed by atoms with Crippen molar-refractivity contribution in [1.82, 2.24) is 4.90 Å². The maximum Gasteiger partial charge on any atom is 0.256 e. The van der Waals surface area contributed by atoms with Gasteiger partial charge in [0.15, 0.2) is 0 Å². The van der Waals surface area contributed by atoms with Crippen LogP contribution in [-0.2, 0) is 0 Å². The molecule has 0 radical (unpaired) electrons. The van der Waals surface area contributed by atoms with Crippen molar-refractivity contribution in [3.63, 3.8) is 0 Å². The molecule has 1 fully saturated rings. The van der Waals surface area contributed by atoms with Crippen LogP contribution in [0, 0.1) is 11.8 Å². The molecule has 0 saturated carbocycles. The van der Waals surface area contributed by atoms with Crippen molar-refractivity contribution in [2.45, 2.75) is 20.3 Å². The van der Waals surface area contributed by atoms with E-state index in [0.717, 1.165) is 13.1 Å². The van der Waals surface area contributed by atoms with Gasteiger partial charge in [-0.3, -0.25) is 4.79 Å². The second kappa shape index (κ2) is 5.50.